The van der Waals surface area contributed by atoms with Gasteiger partial charge in [0.1, 0.15) is 5.78 Å². The van der Waals surface area contributed by atoms with Crippen LogP contribution in [0.4, 0.5) is 0 Å². The molecule has 0 aliphatic heterocycles. The van der Waals surface area contributed by atoms with Crippen LogP contribution in [-0.2, 0) is 9.53 Å². The Kier molecular flexibility index (Phi) is 3.02. The maximum absolute atomic E-state index is 12.7. The van der Waals surface area contributed by atoms with Crippen LogP contribution in [0.5, 0.6) is 0 Å². The van der Waals surface area contributed by atoms with Gasteiger partial charge in [0.15, 0.2) is 0 Å². The topological polar surface area (TPSA) is 26.3 Å². The van der Waals surface area contributed by atoms with Crippen LogP contribution in [0, 0.1) is 17.3 Å². The average Bonchev–Trinajstić information content (AvgIpc) is 2.73. The van der Waals surface area contributed by atoms with Crippen LogP contribution in [-0.4, -0.2) is 19.0 Å². The fourth-order valence-electron chi connectivity index (χ4n) is 5.07. The second-order valence-corrected chi connectivity index (χ2v) is 6.26. The SMILES string of the molecule is COC1CC[C@@H]2CCCCC(=O)[C@@]23CCC[C@@H]13. The second kappa shape index (κ2) is 4.38. The molecule has 96 valence electrons. The zero-order valence-electron chi connectivity index (χ0n) is 10.9. The largest absolute Gasteiger partial charge is 0.381 e. The molecule has 3 aliphatic rings. The van der Waals surface area contributed by atoms with Gasteiger partial charge in [0.25, 0.3) is 0 Å². The third kappa shape index (κ3) is 1.60. The fraction of sp³-hybridized carbons (Fsp3) is 0.933. The van der Waals surface area contributed by atoms with Crippen molar-refractivity contribution in [1.29, 1.82) is 0 Å². The van der Waals surface area contributed by atoms with E-state index in [1.807, 2.05) is 7.11 Å². The minimum atomic E-state index is 0.0371. The first kappa shape index (κ1) is 11.7. The smallest absolute Gasteiger partial charge is 0.139 e. The average molecular weight is 236 g/mol. The predicted octanol–water partition coefficient (Wildman–Crippen LogP) is 3.34. The number of ketones is 1. The third-order valence-electron chi connectivity index (χ3n) is 5.77. The van der Waals surface area contributed by atoms with Crippen molar-refractivity contribution in [2.75, 3.05) is 7.11 Å². The predicted molar refractivity (Wildman–Crippen MR) is 66.8 cm³/mol. The molecule has 17 heavy (non-hydrogen) atoms. The summed E-state index contributed by atoms with van der Waals surface area (Å²) in [5.74, 6) is 1.80. The fourth-order valence-corrected chi connectivity index (χ4v) is 5.07. The van der Waals surface area contributed by atoms with E-state index in [-0.39, 0.29) is 5.41 Å². The van der Waals surface area contributed by atoms with Gasteiger partial charge in [-0.2, -0.15) is 0 Å². The number of hydrogen-bond acceptors (Lipinski definition) is 2. The standard InChI is InChI=1S/C15H24O2/c1-17-13-9-8-11-5-2-3-7-14(16)15(11)10-4-6-12(13)15/h11-13H,2-10H2,1H3/t11-,12-,13?,15-/m0/s1. The van der Waals surface area contributed by atoms with Gasteiger partial charge in [0, 0.05) is 18.9 Å². The van der Waals surface area contributed by atoms with E-state index in [4.69, 9.17) is 4.74 Å². The molecule has 0 aromatic heterocycles. The molecule has 1 unspecified atom stereocenters. The van der Waals surface area contributed by atoms with Crippen molar-refractivity contribution in [3.8, 4) is 0 Å². The van der Waals surface area contributed by atoms with Gasteiger partial charge in [0.2, 0.25) is 0 Å². The molecule has 0 radical (unpaired) electrons. The Morgan fingerprint density at radius 1 is 1.12 bits per heavy atom. The zero-order chi connectivity index (χ0) is 11.9. The lowest BCUT2D eigenvalue weighted by atomic mass is 9.58. The number of Topliss-reactive ketones (excluding diaryl/α,β-unsaturated/α-hetero) is 1. The lowest BCUT2D eigenvalue weighted by molar-refractivity contribution is -0.144. The molecule has 0 bridgehead atoms. The van der Waals surface area contributed by atoms with Gasteiger partial charge < -0.3 is 4.74 Å². The summed E-state index contributed by atoms with van der Waals surface area (Å²) in [4.78, 5) is 12.7. The summed E-state index contributed by atoms with van der Waals surface area (Å²) in [5, 5.41) is 0. The molecule has 0 N–H and O–H groups in total. The Morgan fingerprint density at radius 2 is 2.00 bits per heavy atom. The van der Waals surface area contributed by atoms with Crippen molar-refractivity contribution in [2.24, 2.45) is 17.3 Å². The van der Waals surface area contributed by atoms with E-state index in [0.717, 1.165) is 19.3 Å². The van der Waals surface area contributed by atoms with Crippen LogP contribution in [0.2, 0.25) is 0 Å². The molecule has 0 saturated heterocycles. The number of rotatable bonds is 1. The Bertz CT molecular complexity index is 312. The summed E-state index contributed by atoms with van der Waals surface area (Å²) in [6.45, 7) is 0. The lowest BCUT2D eigenvalue weighted by Gasteiger charge is -2.47. The highest BCUT2D eigenvalue weighted by Crippen LogP contribution is 2.59. The van der Waals surface area contributed by atoms with Gasteiger partial charge in [0.05, 0.1) is 6.10 Å². The van der Waals surface area contributed by atoms with E-state index < -0.39 is 0 Å². The first-order valence-electron chi connectivity index (χ1n) is 7.35. The molecule has 4 atom stereocenters. The van der Waals surface area contributed by atoms with Gasteiger partial charge in [-0.05, 0) is 50.4 Å². The van der Waals surface area contributed by atoms with E-state index >= 15 is 0 Å². The molecule has 0 aromatic carbocycles. The second-order valence-electron chi connectivity index (χ2n) is 6.26. The first-order chi connectivity index (χ1) is 8.29. The quantitative estimate of drug-likeness (QED) is 0.698. The summed E-state index contributed by atoms with van der Waals surface area (Å²) in [6, 6.07) is 0. The van der Waals surface area contributed by atoms with Crippen LogP contribution in [0.15, 0.2) is 0 Å². The summed E-state index contributed by atoms with van der Waals surface area (Å²) in [5.41, 5.74) is 0.0371. The van der Waals surface area contributed by atoms with Crippen molar-refractivity contribution in [3.63, 3.8) is 0 Å². The number of ether oxygens (including phenoxy) is 1. The lowest BCUT2D eigenvalue weighted by Crippen LogP contribution is -2.49. The van der Waals surface area contributed by atoms with Crippen LogP contribution < -0.4 is 0 Å². The maximum Gasteiger partial charge on any atom is 0.139 e. The number of hydrogen-bond donors (Lipinski definition) is 0. The maximum atomic E-state index is 12.7. The van der Waals surface area contributed by atoms with E-state index in [9.17, 15) is 4.79 Å². The molecular weight excluding hydrogens is 212 g/mol. The third-order valence-corrected chi connectivity index (χ3v) is 5.77. The highest BCUT2D eigenvalue weighted by atomic mass is 16.5. The van der Waals surface area contributed by atoms with Crippen molar-refractivity contribution in [3.05, 3.63) is 0 Å². The molecule has 3 saturated carbocycles. The highest BCUT2D eigenvalue weighted by molar-refractivity contribution is 5.86. The minimum Gasteiger partial charge on any atom is -0.381 e. The highest BCUT2D eigenvalue weighted by Gasteiger charge is 2.57. The van der Waals surface area contributed by atoms with Crippen LogP contribution in [0.1, 0.15) is 57.8 Å². The molecule has 2 heteroatoms. The van der Waals surface area contributed by atoms with Gasteiger partial charge in [-0.15, -0.1) is 0 Å². The monoisotopic (exact) mass is 236 g/mol. The molecule has 3 aliphatic carbocycles. The van der Waals surface area contributed by atoms with Crippen LogP contribution >= 0.6 is 0 Å². The van der Waals surface area contributed by atoms with Gasteiger partial charge in [-0.3, -0.25) is 4.79 Å². The Labute approximate surface area is 104 Å². The summed E-state index contributed by atoms with van der Waals surface area (Å²) >= 11 is 0. The first-order valence-corrected chi connectivity index (χ1v) is 7.35. The van der Waals surface area contributed by atoms with E-state index in [1.165, 1.54) is 38.5 Å². The van der Waals surface area contributed by atoms with Crippen LogP contribution in [0.25, 0.3) is 0 Å². The van der Waals surface area contributed by atoms with Crippen molar-refractivity contribution < 1.29 is 9.53 Å². The molecular formula is C15H24O2. The zero-order valence-corrected chi connectivity index (χ0v) is 10.9. The van der Waals surface area contributed by atoms with Crippen LogP contribution in [0.3, 0.4) is 0 Å². The van der Waals surface area contributed by atoms with E-state index in [1.54, 1.807) is 0 Å². The molecule has 2 nitrogen and oxygen atoms in total. The molecule has 3 fully saturated rings. The molecule has 1 spiro atoms. The number of methoxy groups -OCH3 is 1. The minimum absolute atomic E-state index is 0.0371. The molecule has 0 aromatic rings. The van der Waals surface area contributed by atoms with Crippen molar-refractivity contribution in [2.45, 2.75) is 63.9 Å². The summed E-state index contributed by atoms with van der Waals surface area (Å²) in [7, 11) is 1.83. The number of carbonyl (C=O) groups is 1. The van der Waals surface area contributed by atoms with Crippen molar-refractivity contribution in [1.82, 2.24) is 0 Å². The molecule has 0 amide bonds. The Morgan fingerprint density at radius 3 is 2.82 bits per heavy atom. The summed E-state index contributed by atoms with van der Waals surface area (Å²) < 4.78 is 5.69. The van der Waals surface area contributed by atoms with Gasteiger partial charge in [-0.25, -0.2) is 0 Å². The number of carbonyl (C=O) groups excluding carboxylic acids is 1. The molecule has 3 rings (SSSR count). The normalized spacial score (nSPS) is 46.2. The van der Waals surface area contributed by atoms with E-state index in [0.29, 0.717) is 23.7 Å². The Hall–Kier alpha value is -0.370. The van der Waals surface area contributed by atoms with Gasteiger partial charge >= 0.3 is 0 Å². The van der Waals surface area contributed by atoms with Gasteiger partial charge in [-0.1, -0.05) is 12.8 Å². The van der Waals surface area contributed by atoms with Crippen molar-refractivity contribution >= 4 is 5.78 Å². The molecule has 0 heterocycles. The Balaban J connectivity index is 1.98. The summed E-state index contributed by atoms with van der Waals surface area (Å²) in [6.07, 6.45) is 10.9. The van der Waals surface area contributed by atoms with E-state index in [2.05, 4.69) is 0 Å².